The molecule has 0 aliphatic carbocycles. The van der Waals surface area contributed by atoms with Crippen LogP contribution in [0.2, 0.25) is 0 Å². The molecule has 0 radical (unpaired) electrons. The molecule has 1 unspecified atom stereocenters. The lowest BCUT2D eigenvalue weighted by Gasteiger charge is -2.23. The van der Waals surface area contributed by atoms with Crippen molar-refractivity contribution in [3.8, 4) is 0 Å². The molecule has 1 aliphatic rings. The molecule has 3 rings (SSSR count). The van der Waals surface area contributed by atoms with Gasteiger partial charge in [-0.1, -0.05) is 19.1 Å². The van der Waals surface area contributed by atoms with Crippen LogP contribution in [0.1, 0.15) is 24.1 Å². The van der Waals surface area contributed by atoms with E-state index < -0.39 is 0 Å². The summed E-state index contributed by atoms with van der Waals surface area (Å²) in [4.78, 5) is 22.3. The van der Waals surface area contributed by atoms with Crippen molar-refractivity contribution in [3.63, 3.8) is 0 Å². The molecule has 24 heavy (non-hydrogen) atoms. The maximum atomic E-state index is 12.5. The Hall–Kier alpha value is -2.08. The van der Waals surface area contributed by atoms with Crippen LogP contribution in [-0.2, 0) is 0 Å². The van der Waals surface area contributed by atoms with Crippen LogP contribution >= 0.6 is 11.3 Å². The minimum atomic E-state index is 0.0428. The van der Waals surface area contributed by atoms with Gasteiger partial charge in [0, 0.05) is 49.7 Å². The van der Waals surface area contributed by atoms with Crippen LogP contribution in [0.5, 0.6) is 0 Å². The second-order valence-electron chi connectivity index (χ2n) is 6.12. The Labute approximate surface area is 147 Å². The number of carbonyl (C=O) groups excluding carboxylic acids is 1. The van der Waals surface area contributed by atoms with Crippen molar-refractivity contribution in [1.29, 1.82) is 0 Å². The highest BCUT2D eigenvalue weighted by Gasteiger charge is 2.20. The zero-order valence-electron chi connectivity index (χ0n) is 14.0. The fraction of sp³-hybridized carbons (Fsp3) is 0.444. The Morgan fingerprint density at radius 1 is 1.25 bits per heavy atom. The van der Waals surface area contributed by atoms with E-state index in [2.05, 4.69) is 39.6 Å². The first kappa shape index (κ1) is 16.8. The van der Waals surface area contributed by atoms with E-state index in [0.717, 1.165) is 38.4 Å². The van der Waals surface area contributed by atoms with Crippen LogP contribution in [0, 0.1) is 0 Å². The maximum absolute atomic E-state index is 12.5. The maximum Gasteiger partial charge on any atom is 0.317 e. The molecule has 128 valence electrons. The normalized spacial score (nSPS) is 16.5. The third-order valence-corrected chi connectivity index (χ3v) is 5.45. The smallest absolute Gasteiger partial charge is 0.317 e. The second-order valence-corrected chi connectivity index (χ2v) is 7.10. The molecule has 0 saturated carbocycles. The first-order valence-corrected chi connectivity index (χ1v) is 9.34. The number of hydrogen-bond acceptors (Lipinski definition) is 4. The predicted octanol–water partition coefficient (Wildman–Crippen LogP) is 3.17. The van der Waals surface area contributed by atoms with Gasteiger partial charge in [0.25, 0.3) is 0 Å². The van der Waals surface area contributed by atoms with E-state index in [4.69, 9.17) is 0 Å². The Morgan fingerprint density at radius 2 is 2.17 bits per heavy atom. The van der Waals surface area contributed by atoms with Crippen LogP contribution in [0.3, 0.4) is 0 Å². The minimum absolute atomic E-state index is 0.0428. The number of nitrogens with one attached hydrogen (secondary N) is 1. The van der Waals surface area contributed by atoms with E-state index in [0.29, 0.717) is 12.5 Å². The van der Waals surface area contributed by atoms with Crippen molar-refractivity contribution in [2.75, 3.05) is 37.6 Å². The van der Waals surface area contributed by atoms with E-state index in [9.17, 15) is 4.79 Å². The Kier molecular flexibility index (Phi) is 5.69. The van der Waals surface area contributed by atoms with Gasteiger partial charge in [0.1, 0.15) is 5.82 Å². The topological polar surface area (TPSA) is 48.5 Å². The average molecular weight is 344 g/mol. The highest BCUT2D eigenvalue weighted by atomic mass is 32.1. The number of rotatable bonds is 4. The SMILES string of the molecule is CC(CNC(=O)N1CCCN(c2ccccn2)CC1)c1cccs1. The van der Waals surface area contributed by atoms with Gasteiger partial charge in [0.15, 0.2) is 0 Å². The quantitative estimate of drug-likeness (QED) is 0.927. The number of aromatic nitrogens is 1. The molecule has 1 atom stereocenters. The summed E-state index contributed by atoms with van der Waals surface area (Å²) in [6.45, 7) is 6.12. The number of thiophene rings is 1. The van der Waals surface area contributed by atoms with Gasteiger partial charge < -0.3 is 15.1 Å². The van der Waals surface area contributed by atoms with E-state index in [1.165, 1.54) is 4.88 Å². The van der Waals surface area contributed by atoms with Crippen LogP contribution in [0.4, 0.5) is 10.6 Å². The molecule has 1 N–H and O–H groups in total. The molecule has 2 aromatic rings. The van der Waals surface area contributed by atoms with Gasteiger partial charge >= 0.3 is 6.03 Å². The van der Waals surface area contributed by atoms with Gasteiger partial charge in [-0.05, 0) is 30.0 Å². The van der Waals surface area contributed by atoms with Crippen molar-refractivity contribution in [3.05, 3.63) is 46.8 Å². The molecule has 2 aromatic heterocycles. The van der Waals surface area contributed by atoms with Gasteiger partial charge in [0.2, 0.25) is 0 Å². The molecule has 0 aromatic carbocycles. The summed E-state index contributed by atoms with van der Waals surface area (Å²) in [6, 6.07) is 10.2. The third-order valence-electron chi connectivity index (χ3n) is 4.34. The van der Waals surface area contributed by atoms with Crippen LogP contribution in [0.15, 0.2) is 41.9 Å². The molecule has 5 nitrogen and oxygen atoms in total. The first-order valence-electron chi connectivity index (χ1n) is 8.46. The molecule has 0 bridgehead atoms. The highest BCUT2D eigenvalue weighted by molar-refractivity contribution is 7.10. The predicted molar refractivity (Wildman–Crippen MR) is 98.8 cm³/mol. The van der Waals surface area contributed by atoms with Crippen molar-refractivity contribution in [2.24, 2.45) is 0 Å². The Balaban J connectivity index is 1.49. The number of urea groups is 1. The lowest BCUT2D eigenvalue weighted by molar-refractivity contribution is 0.201. The van der Waals surface area contributed by atoms with Crippen molar-refractivity contribution in [2.45, 2.75) is 19.3 Å². The summed E-state index contributed by atoms with van der Waals surface area (Å²) in [5.74, 6) is 1.34. The minimum Gasteiger partial charge on any atom is -0.355 e. The third kappa shape index (κ3) is 4.26. The number of amides is 2. The molecule has 1 saturated heterocycles. The van der Waals surface area contributed by atoms with Gasteiger partial charge in [-0.25, -0.2) is 9.78 Å². The highest BCUT2D eigenvalue weighted by Crippen LogP contribution is 2.19. The standard InChI is InChI=1S/C18H24N4OS/c1-15(16-6-4-13-24-16)14-20-18(23)22-10-5-9-21(11-12-22)17-7-2-3-8-19-17/h2-4,6-8,13,15H,5,9-12,14H2,1H3,(H,20,23). The Bertz CT molecular complexity index is 632. The molecule has 2 amide bonds. The zero-order valence-corrected chi connectivity index (χ0v) is 14.8. The summed E-state index contributed by atoms with van der Waals surface area (Å²) in [7, 11) is 0. The molecule has 3 heterocycles. The summed E-state index contributed by atoms with van der Waals surface area (Å²) in [5, 5.41) is 5.16. The van der Waals surface area contributed by atoms with Crippen molar-refractivity contribution >= 4 is 23.2 Å². The number of carbonyl (C=O) groups is 1. The van der Waals surface area contributed by atoms with E-state index >= 15 is 0 Å². The van der Waals surface area contributed by atoms with E-state index in [-0.39, 0.29) is 6.03 Å². The molecular formula is C18H24N4OS. The molecule has 0 spiro atoms. The summed E-state index contributed by atoms with van der Waals surface area (Å²) in [5.41, 5.74) is 0. The van der Waals surface area contributed by atoms with Crippen LogP contribution < -0.4 is 10.2 Å². The summed E-state index contributed by atoms with van der Waals surface area (Å²) >= 11 is 1.74. The monoisotopic (exact) mass is 344 g/mol. The number of anilines is 1. The number of nitrogens with zero attached hydrogens (tertiary/aromatic N) is 3. The largest absolute Gasteiger partial charge is 0.355 e. The van der Waals surface area contributed by atoms with Crippen LogP contribution in [0.25, 0.3) is 0 Å². The average Bonchev–Trinajstić information content (AvgIpc) is 3.05. The van der Waals surface area contributed by atoms with Crippen molar-refractivity contribution < 1.29 is 4.79 Å². The number of hydrogen-bond donors (Lipinski definition) is 1. The van der Waals surface area contributed by atoms with E-state index in [1.54, 1.807) is 11.3 Å². The Morgan fingerprint density at radius 3 is 2.92 bits per heavy atom. The molecule has 1 fully saturated rings. The lowest BCUT2D eigenvalue weighted by atomic mass is 10.1. The summed E-state index contributed by atoms with van der Waals surface area (Å²) < 4.78 is 0. The fourth-order valence-electron chi connectivity index (χ4n) is 2.91. The van der Waals surface area contributed by atoms with E-state index in [1.807, 2.05) is 29.3 Å². The zero-order chi connectivity index (χ0) is 16.8. The molecule has 1 aliphatic heterocycles. The molecular weight excluding hydrogens is 320 g/mol. The van der Waals surface area contributed by atoms with Gasteiger partial charge in [0.05, 0.1) is 0 Å². The summed E-state index contributed by atoms with van der Waals surface area (Å²) in [6.07, 6.45) is 2.78. The van der Waals surface area contributed by atoms with Gasteiger partial charge in [-0.15, -0.1) is 11.3 Å². The van der Waals surface area contributed by atoms with Gasteiger partial charge in [-0.3, -0.25) is 0 Å². The van der Waals surface area contributed by atoms with Crippen LogP contribution in [-0.4, -0.2) is 48.6 Å². The fourth-order valence-corrected chi connectivity index (χ4v) is 3.70. The number of pyridine rings is 1. The first-order chi connectivity index (χ1) is 11.7. The molecule has 6 heteroatoms. The lowest BCUT2D eigenvalue weighted by Crippen LogP contribution is -2.43. The second kappa shape index (κ2) is 8.15. The van der Waals surface area contributed by atoms with Gasteiger partial charge in [-0.2, -0.15) is 0 Å². The van der Waals surface area contributed by atoms with Crippen molar-refractivity contribution in [1.82, 2.24) is 15.2 Å².